The molecule has 0 spiro atoms. The summed E-state index contributed by atoms with van der Waals surface area (Å²) in [5, 5.41) is 0. The molecule has 3 aromatic rings. The van der Waals surface area contributed by atoms with E-state index < -0.39 is 5.82 Å². The van der Waals surface area contributed by atoms with Gasteiger partial charge in [-0.15, -0.1) is 0 Å². The van der Waals surface area contributed by atoms with Crippen molar-refractivity contribution in [1.29, 1.82) is 0 Å². The first-order chi connectivity index (χ1) is 13.0. The molecule has 0 radical (unpaired) electrons. The fourth-order valence-corrected chi connectivity index (χ4v) is 2.80. The Hall–Kier alpha value is -3.14. The van der Waals surface area contributed by atoms with Gasteiger partial charge in [0.1, 0.15) is 17.3 Å². The van der Waals surface area contributed by atoms with Gasteiger partial charge in [0.15, 0.2) is 0 Å². The maximum Gasteiger partial charge on any atom is 0.254 e. The van der Waals surface area contributed by atoms with E-state index in [-0.39, 0.29) is 11.9 Å². The van der Waals surface area contributed by atoms with Crippen molar-refractivity contribution in [3.8, 4) is 11.5 Å². The zero-order chi connectivity index (χ0) is 19.2. The Morgan fingerprint density at radius 2 is 1.63 bits per heavy atom. The van der Waals surface area contributed by atoms with Crippen molar-refractivity contribution in [1.82, 2.24) is 4.90 Å². The van der Waals surface area contributed by atoms with Crippen LogP contribution < -0.4 is 4.74 Å². The van der Waals surface area contributed by atoms with Crippen LogP contribution in [0, 0.1) is 5.82 Å². The van der Waals surface area contributed by atoms with Crippen LogP contribution in [0.2, 0.25) is 0 Å². The smallest absolute Gasteiger partial charge is 0.254 e. The number of carbonyl (C=O) groups excluding carboxylic acids is 1. The maximum atomic E-state index is 13.5. The molecular formula is C23H22FNO2. The third-order valence-electron chi connectivity index (χ3n) is 4.19. The number of hydrogen-bond donors (Lipinski definition) is 0. The number of benzene rings is 3. The summed E-state index contributed by atoms with van der Waals surface area (Å²) >= 11 is 0. The molecule has 0 atom stereocenters. The predicted octanol–water partition coefficient (Wildman–Crippen LogP) is 5.67. The van der Waals surface area contributed by atoms with E-state index in [1.54, 1.807) is 17.0 Å². The molecule has 138 valence electrons. The lowest BCUT2D eigenvalue weighted by Gasteiger charge is -2.27. The molecule has 0 N–H and O–H groups in total. The van der Waals surface area contributed by atoms with E-state index in [2.05, 4.69) is 0 Å². The third-order valence-corrected chi connectivity index (χ3v) is 4.19. The van der Waals surface area contributed by atoms with E-state index in [9.17, 15) is 9.18 Å². The molecule has 0 aliphatic heterocycles. The lowest BCUT2D eigenvalue weighted by atomic mass is 10.1. The third kappa shape index (κ3) is 4.94. The van der Waals surface area contributed by atoms with Gasteiger partial charge in [0, 0.05) is 18.2 Å². The molecule has 0 aliphatic rings. The Kier molecular flexibility index (Phi) is 5.87. The van der Waals surface area contributed by atoms with Crippen LogP contribution in [-0.4, -0.2) is 16.8 Å². The van der Waals surface area contributed by atoms with Crippen LogP contribution in [0.1, 0.15) is 29.8 Å². The van der Waals surface area contributed by atoms with Gasteiger partial charge >= 0.3 is 0 Å². The van der Waals surface area contributed by atoms with Crippen molar-refractivity contribution in [2.45, 2.75) is 26.4 Å². The Morgan fingerprint density at radius 3 is 2.33 bits per heavy atom. The summed E-state index contributed by atoms with van der Waals surface area (Å²) in [7, 11) is 0. The average molecular weight is 363 g/mol. The van der Waals surface area contributed by atoms with E-state index in [0.29, 0.717) is 17.9 Å². The fourth-order valence-electron chi connectivity index (χ4n) is 2.80. The molecular weight excluding hydrogens is 341 g/mol. The van der Waals surface area contributed by atoms with Crippen LogP contribution in [0.15, 0.2) is 78.9 Å². The normalized spacial score (nSPS) is 10.7. The summed E-state index contributed by atoms with van der Waals surface area (Å²) in [6.07, 6.45) is 0. The molecule has 3 nitrogen and oxygen atoms in total. The number of halogens is 1. The van der Waals surface area contributed by atoms with Gasteiger partial charge in [0.2, 0.25) is 0 Å². The van der Waals surface area contributed by atoms with Crippen LogP contribution in [-0.2, 0) is 6.54 Å². The molecule has 3 aromatic carbocycles. The Morgan fingerprint density at radius 1 is 0.926 bits per heavy atom. The van der Waals surface area contributed by atoms with Crippen molar-refractivity contribution in [2.24, 2.45) is 0 Å². The summed E-state index contributed by atoms with van der Waals surface area (Å²) in [6.45, 7) is 4.31. The van der Waals surface area contributed by atoms with Gasteiger partial charge in [-0.25, -0.2) is 4.39 Å². The van der Waals surface area contributed by atoms with Crippen molar-refractivity contribution in [3.05, 3.63) is 95.8 Å². The SMILES string of the molecule is CC(C)N(Cc1cccc(Oc2ccccc2)c1)C(=O)c1cccc(F)c1. The first-order valence-electron chi connectivity index (χ1n) is 8.91. The highest BCUT2D eigenvalue weighted by Gasteiger charge is 2.19. The Bertz CT molecular complexity index is 909. The minimum absolute atomic E-state index is 0.0283. The first-order valence-corrected chi connectivity index (χ1v) is 8.91. The molecule has 27 heavy (non-hydrogen) atoms. The number of hydrogen-bond acceptors (Lipinski definition) is 2. The summed E-state index contributed by atoms with van der Waals surface area (Å²) in [4.78, 5) is 14.6. The Balaban J connectivity index is 1.79. The largest absolute Gasteiger partial charge is 0.457 e. The zero-order valence-electron chi connectivity index (χ0n) is 15.4. The monoisotopic (exact) mass is 363 g/mol. The molecule has 0 bridgehead atoms. The second kappa shape index (κ2) is 8.49. The zero-order valence-corrected chi connectivity index (χ0v) is 15.4. The van der Waals surface area contributed by atoms with E-state index >= 15 is 0 Å². The molecule has 4 heteroatoms. The number of rotatable bonds is 6. The highest BCUT2D eigenvalue weighted by atomic mass is 19.1. The quantitative estimate of drug-likeness (QED) is 0.565. The van der Waals surface area contributed by atoms with Crippen molar-refractivity contribution < 1.29 is 13.9 Å². The summed E-state index contributed by atoms with van der Waals surface area (Å²) in [5.74, 6) is 0.855. The molecule has 0 saturated carbocycles. The minimum Gasteiger partial charge on any atom is -0.457 e. The van der Waals surface area contributed by atoms with Crippen molar-refractivity contribution in [2.75, 3.05) is 0 Å². The van der Waals surface area contributed by atoms with Crippen LogP contribution >= 0.6 is 0 Å². The van der Waals surface area contributed by atoms with Crippen LogP contribution in [0.25, 0.3) is 0 Å². The first kappa shape index (κ1) is 18.6. The highest BCUT2D eigenvalue weighted by Crippen LogP contribution is 2.23. The standard InChI is InChI=1S/C23H22FNO2/c1-17(2)25(23(26)19-9-7-10-20(24)15-19)16-18-8-6-13-22(14-18)27-21-11-4-3-5-12-21/h3-15,17H,16H2,1-2H3. The fraction of sp³-hybridized carbons (Fsp3) is 0.174. The second-order valence-corrected chi connectivity index (χ2v) is 6.60. The highest BCUT2D eigenvalue weighted by molar-refractivity contribution is 5.94. The van der Waals surface area contributed by atoms with Crippen LogP contribution in [0.5, 0.6) is 11.5 Å². The van der Waals surface area contributed by atoms with Crippen molar-refractivity contribution >= 4 is 5.91 Å². The van der Waals surface area contributed by atoms with Crippen LogP contribution in [0.3, 0.4) is 0 Å². The summed E-state index contributed by atoms with van der Waals surface area (Å²) < 4.78 is 19.4. The van der Waals surface area contributed by atoms with Gasteiger partial charge in [-0.1, -0.05) is 36.4 Å². The topological polar surface area (TPSA) is 29.5 Å². The van der Waals surface area contributed by atoms with E-state index in [0.717, 1.165) is 11.3 Å². The van der Waals surface area contributed by atoms with Crippen LogP contribution in [0.4, 0.5) is 4.39 Å². The van der Waals surface area contributed by atoms with Gasteiger partial charge < -0.3 is 9.64 Å². The van der Waals surface area contributed by atoms with E-state index in [1.807, 2.05) is 68.4 Å². The lowest BCUT2D eigenvalue weighted by Crippen LogP contribution is -2.36. The summed E-state index contributed by atoms with van der Waals surface area (Å²) in [5.41, 5.74) is 1.29. The molecule has 0 aromatic heterocycles. The Labute approximate surface area is 159 Å². The molecule has 0 fully saturated rings. The molecule has 0 unspecified atom stereocenters. The number of amides is 1. The van der Waals surface area contributed by atoms with Crippen molar-refractivity contribution in [3.63, 3.8) is 0 Å². The van der Waals surface area contributed by atoms with Gasteiger partial charge in [-0.05, 0) is 61.9 Å². The molecule has 3 rings (SSSR count). The molecule has 0 heterocycles. The van der Waals surface area contributed by atoms with Gasteiger partial charge in [-0.3, -0.25) is 4.79 Å². The lowest BCUT2D eigenvalue weighted by molar-refractivity contribution is 0.0689. The summed E-state index contributed by atoms with van der Waals surface area (Å²) in [6, 6.07) is 23.0. The second-order valence-electron chi connectivity index (χ2n) is 6.60. The molecule has 0 saturated heterocycles. The van der Waals surface area contributed by atoms with Gasteiger partial charge in [0.05, 0.1) is 0 Å². The minimum atomic E-state index is -0.414. The molecule has 1 amide bonds. The van der Waals surface area contributed by atoms with E-state index in [4.69, 9.17) is 4.74 Å². The van der Waals surface area contributed by atoms with Gasteiger partial charge in [-0.2, -0.15) is 0 Å². The predicted molar refractivity (Wildman–Crippen MR) is 104 cm³/mol. The van der Waals surface area contributed by atoms with E-state index in [1.165, 1.54) is 12.1 Å². The number of carbonyl (C=O) groups is 1. The van der Waals surface area contributed by atoms with Gasteiger partial charge in [0.25, 0.3) is 5.91 Å². The molecule has 0 aliphatic carbocycles. The number of nitrogens with zero attached hydrogens (tertiary/aromatic N) is 1. The average Bonchev–Trinajstić information content (AvgIpc) is 2.66. The number of para-hydroxylation sites is 1. The maximum absolute atomic E-state index is 13.5. The number of ether oxygens (including phenoxy) is 1.